The minimum atomic E-state index is -0.653. The molecule has 0 bridgehead atoms. The van der Waals surface area contributed by atoms with E-state index in [4.69, 9.17) is 0 Å². The van der Waals surface area contributed by atoms with Crippen molar-refractivity contribution in [1.29, 1.82) is 0 Å². The average Bonchev–Trinajstić information content (AvgIpc) is 1.65. The quantitative estimate of drug-likeness (QED) is 0.690. The van der Waals surface area contributed by atoms with Crippen LogP contribution in [0.2, 0.25) is 4.58 Å². The van der Waals surface area contributed by atoms with Gasteiger partial charge in [-0.25, -0.2) is 0 Å². The molecule has 0 spiro atoms. The van der Waals surface area contributed by atoms with E-state index in [1.165, 1.54) is 0 Å². The van der Waals surface area contributed by atoms with Gasteiger partial charge in [0.05, 0.1) is 0 Å². The van der Waals surface area contributed by atoms with Crippen molar-refractivity contribution in [3.8, 4) is 0 Å². The Labute approximate surface area is 55.6 Å². The Hall–Kier alpha value is 0.306. The van der Waals surface area contributed by atoms with E-state index in [-0.39, 0.29) is 0 Å². The summed E-state index contributed by atoms with van der Waals surface area (Å²) in [5.74, 6) is 0. The summed E-state index contributed by atoms with van der Waals surface area (Å²) in [6.45, 7) is 5.29. The third-order valence-electron chi connectivity index (χ3n) is 0.534. The van der Waals surface area contributed by atoms with Crippen molar-refractivity contribution in [3.63, 3.8) is 0 Å². The van der Waals surface area contributed by atoms with Crippen molar-refractivity contribution in [2.24, 2.45) is 0 Å². The first-order valence-electron chi connectivity index (χ1n) is 1.92. The molecule has 0 saturated carbocycles. The molecule has 0 aromatic rings. The summed E-state index contributed by atoms with van der Waals surface area (Å²) in [7, 11) is 0. The van der Waals surface area contributed by atoms with Crippen LogP contribution in [0, 0.1) is 0 Å². The fourth-order valence-electron chi connectivity index (χ4n) is 0.174. The van der Waals surface area contributed by atoms with E-state index in [1.807, 2.05) is 4.58 Å². The number of carbonyl (C=O) groups excluding carboxylic acids is 1. The fourth-order valence-corrected chi connectivity index (χ4v) is 1.53. The van der Waals surface area contributed by atoms with Crippen LogP contribution in [0.15, 0.2) is 12.2 Å². The van der Waals surface area contributed by atoms with Crippen LogP contribution < -0.4 is 0 Å². The van der Waals surface area contributed by atoms with Crippen LogP contribution in [0.25, 0.3) is 0 Å². The summed E-state index contributed by atoms with van der Waals surface area (Å²) in [4.78, 5) is 10.5. The molecule has 0 N–H and O–H groups in total. The van der Waals surface area contributed by atoms with Gasteiger partial charge in [0.25, 0.3) is 0 Å². The molecule has 0 aliphatic carbocycles. The van der Waals surface area contributed by atoms with Crippen LogP contribution in [-0.2, 0) is 4.79 Å². The standard InChI is InChI=1S/C4H5O.CH3.Po/c1-4(2)3-5;;/h1H2,2H3;1H3;. The van der Waals surface area contributed by atoms with E-state index in [1.54, 1.807) is 6.92 Å². The molecule has 0 amide bonds. The molecular weight excluding hydrogens is 285 g/mol. The zero-order valence-electron chi connectivity index (χ0n) is 4.52. The molecule has 0 saturated heterocycles. The zero-order chi connectivity index (χ0) is 5.86. The summed E-state index contributed by atoms with van der Waals surface area (Å²) in [6, 6.07) is 0. The number of hydrogen-bond acceptors (Lipinski definition) is 1. The van der Waals surface area contributed by atoms with Crippen molar-refractivity contribution in [1.82, 2.24) is 0 Å². The Morgan fingerprint density at radius 2 is 2.14 bits per heavy atom. The second-order valence-corrected chi connectivity index (χ2v) is 4.30. The summed E-state index contributed by atoms with van der Waals surface area (Å²) in [5, 5.41) is 0. The van der Waals surface area contributed by atoms with Gasteiger partial charge >= 0.3 is 55.5 Å². The summed E-state index contributed by atoms with van der Waals surface area (Å²) >= 11 is -0.653. The number of allylic oxidation sites excluding steroid dienone is 1. The normalized spacial score (nSPS) is 8.29. The predicted molar refractivity (Wildman–Crippen MR) is 31.4 cm³/mol. The Kier molecular flexibility index (Phi) is 3.47. The fraction of sp³-hybridized carbons (Fsp3) is 0.400. The Balaban J connectivity index is 3.58. The van der Waals surface area contributed by atoms with Gasteiger partial charge in [-0.2, -0.15) is 0 Å². The topological polar surface area (TPSA) is 17.1 Å². The SMILES string of the molecule is C=C(C)[C](=O)[Po][CH3]. The monoisotopic (exact) mass is 293 g/mol. The van der Waals surface area contributed by atoms with Gasteiger partial charge in [0.1, 0.15) is 0 Å². The van der Waals surface area contributed by atoms with E-state index in [0.29, 0.717) is 3.44 Å². The molecule has 0 fully saturated rings. The second kappa shape index (κ2) is 3.33. The van der Waals surface area contributed by atoms with Crippen molar-refractivity contribution < 1.29 is 4.79 Å². The zero-order valence-corrected chi connectivity index (χ0v) is 7.70. The van der Waals surface area contributed by atoms with E-state index in [0.717, 1.165) is 5.57 Å². The summed E-state index contributed by atoms with van der Waals surface area (Å²) < 4.78 is 2.32. The first-order chi connectivity index (χ1) is 3.18. The number of carbonyl (C=O) groups is 1. The molecule has 7 heavy (non-hydrogen) atoms. The first-order valence-corrected chi connectivity index (χ1v) is 6.68. The van der Waals surface area contributed by atoms with Crippen LogP contribution in [-0.4, -0.2) is 27.0 Å². The van der Waals surface area contributed by atoms with Crippen LogP contribution in [0.5, 0.6) is 0 Å². The van der Waals surface area contributed by atoms with Crippen LogP contribution in [0.1, 0.15) is 6.92 Å². The Morgan fingerprint density at radius 3 is 2.14 bits per heavy atom. The van der Waals surface area contributed by atoms with Gasteiger partial charge in [-0.1, -0.05) is 0 Å². The molecule has 0 heterocycles. The van der Waals surface area contributed by atoms with Crippen LogP contribution in [0.3, 0.4) is 0 Å². The number of rotatable bonds is 2. The van der Waals surface area contributed by atoms with Crippen LogP contribution in [0.4, 0.5) is 0 Å². The minimum absolute atomic E-state index is 0.319. The van der Waals surface area contributed by atoms with Crippen molar-refractivity contribution in [3.05, 3.63) is 12.2 Å². The molecule has 1 nitrogen and oxygen atoms in total. The van der Waals surface area contributed by atoms with Gasteiger partial charge in [0.15, 0.2) is 0 Å². The molecule has 0 atom stereocenters. The van der Waals surface area contributed by atoms with Crippen molar-refractivity contribution in [2.75, 3.05) is 0 Å². The van der Waals surface area contributed by atoms with Gasteiger partial charge in [0, 0.05) is 0 Å². The third-order valence-corrected chi connectivity index (χ3v) is 3.33. The maximum atomic E-state index is 10.5. The molecular formula is C5H8OPo. The summed E-state index contributed by atoms with van der Waals surface area (Å²) in [6.07, 6.45) is 0. The Bertz CT molecular complexity index is 96.3. The molecule has 0 radical (unpaired) electrons. The average molecular weight is 293 g/mol. The predicted octanol–water partition coefficient (Wildman–Crippen LogP) is 0.841. The van der Waals surface area contributed by atoms with E-state index >= 15 is 0 Å². The molecule has 0 aromatic carbocycles. The molecule has 0 aliphatic rings. The van der Waals surface area contributed by atoms with Crippen molar-refractivity contribution in [2.45, 2.75) is 11.5 Å². The van der Waals surface area contributed by atoms with Gasteiger partial charge < -0.3 is 0 Å². The maximum absolute atomic E-state index is 10.5. The van der Waals surface area contributed by atoms with Gasteiger partial charge in [-0.3, -0.25) is 0 Å². The third kappa shape index (κ3) is 2.94. The molecule has 0 rings (SSSR count). The molecule has 40 valence electrons. The van der Waals surface area contributed by atoms with Gasteiger partial charge in [0.2, 0.25) is 0 Å². The van der Waals surface area contributed by atoms with Gasteiger partial charge in [-0.05, 0) is 0 Å². The van der Waals surface area contributed by atoms with E-state index < -0.39 is 23.6 Å². The van der Waals surface area contributed by atoms with Crippen molar-refractivity contribution >= 4 is 27.0 Å². The first kappa shape index (κ1) is 7.31. The number of hydrogen-bond donors (Lipinski definition) is 0. The molecule has 0 aliphatic heterocycles. The summed E-state index contributed by atoms with van der Waals surface area (Å²) in [5.41, 5.74) is 0.729. The van der Waals surface area contributed by atoms with Crippen LogP contribution >= 0.6 is 0 Å². The van der Waals surface area contributed by atoms with E-state index in [9.17, 15) is 4.79 Å². The van der Waals surface area contributed by atoms with E-state index in [2.05, 4.69) is 6.58 Å². The molecule has 0 unspecified atom stereocenters. The molecule has 0 aromatic heterocycles. The van der Waals surface area contributed by atoms with Gasteiger partial charge in [-0.15, -0.1) is 0 Å². The Morgan fingerprint density at radius 1 is 1.71 bits per heavy atom. The second-order valence-electron chi connectivity index (χ2n) is 1.27. The molecule has 2 heteroatoms.